The fraction of sp³-hybridized carbons (Fsp3) is 0.412. The molecule has 2 aromatic rings. The minimum Gasteiger partial charge on any atom is -0.336 e. The van der Waals surface area contributed by atoms with Crippen molar-refractivity contribution in [1.29, 1.82) is 0 Å². The summed E-state index contributed by atoms with van der Waals surface area (Å²) in [7, 11) is 0. The van der Waals surface area contributed by atoms with Crippen molar-refractivity contribution < 1.29 is 4.79 Å². The van der Waals surface area contributed by atoms with Crippen molar-refractivity contribution >= 4 is 17.2 Å². The number of nitrogens with zero attached hydrogens (tertiary/aromatic N) is 2. The molecule has 3 heterocycles. The maximum absolute atomic E-state index is 12.5. The average Bonchev–Trinajstić information content (AvgIpc) is 3.16. The third kappa shape index (κ3) is 3.32. The standard InChI is InChI=1S/C17H20N2OS/c1-13-11-14(6-8-18-13)4-5-16-3-2-9-19(16)17(20)15-7-10-21-12-15/h6-8,10-12,16H,2-5,9H2,1H3/t16-/m0/s1. The number of rotatable bonds is 4. The van der Waals surface area contributed by atoms with Gasteiger partial charge >= 0.3 is 0 Å². The molecule has 2 aromatic heterocycles. The van der Waals surface area contributed by atoms with Crippen molar-refractivity contribution in [3.8, 4) is 0 Å². The summed E-state index contributed by atoms with van der Waals surface area (Å²) in [6.45, 7) is 2.92. The molecular formula is C17H20N2OS. The van der Waals surface area contributed by atoms with Crippen LogP contribution < -0.4 is 0 Å². The second-order valence-corrected chi connectivity index (χ2v) is 6.43. The predicted molar refractivity (Wildman–Crippen MR) is 85.7 cm³/mol. The Hall–Kier alpha value is -1.68. The number of aromatic nitrogens is 1. The van der Waals surface area contributed by atoms with E-state index in [4.69, 9.17) is 0 Å². The quantitative estimate of drug-likeness (QED) is 0.863. The van der Waals surface area contributed by atoms with E-state index in [9.17, 15) is 4.79 Å². The van der Waals surface area contributed by atoms with Gasteiger partial charge < -0.3 is 4.90 Å². The van der Waals surface area contributed by atoms with Gasteiger partial charge in [-0.3, -0.25) is 9.78 Å². The number of aryl methyl sites for hydroxylation is 2. The lowest BCUT2D eigenvalue weighted by molar-refractivity contribution is 0.0731. The van der Waals surface area contributed by atoms with Gasteiger partial charge in [0.15, 0.2) is 0 Å². The molecule has 0 aromatic carbocycles. The Labute approximate surface area is 129 Å². The van der Waals surface area contributed by atoms with E-state index in [0.717, 1.165) is 43.5 Å². The second-order valence-electron chi connectivity index (χ2n) is 5.65. The highest BCUT2D eigenvalue weighted by molar-refractivity contribution is 7.08. The molecule has 0 spiro atoms. The van der Waals surface area contributed by atoms with Crippen LogP contribution in [0, 0.1) is 6.92 Å². The van der Waals surface area contributed by atoms with Crippen LogP contribution in [-0.2, 0) is 6.42 Å². The fourth-order valence-corrected chi connectivity index (χ4v) is 3.68. The first kappa shape index (κ1) is 14.3. The monoisotopic (exact) mass is 300 g/mol. The van der Waals surface area contributed by atoms with Gasteiger partial charge in [0.2, 0.25) is 0 Å². The highest BCUT2D eigenvalue weighted by atomic mass is 32.1. The Bertz CT molecular complexity index is 609. The van der Waals surface area contributed by atoms with Crippen LogP contribution >= 0.6 is 11.3 Å². The molecule has 1 saturated heterocycles. The number of hydrogen-bond acceptors (Lipinski definition) is 3. The van der Waals surface area contributed by atoms with Crippen LogP contribution in [0.2, 0.25) is 0 Å². The lowest BCUT2D eigenvalue weighted by Crippen LogP contribution is -2.35. The molecule has 21 heavy (non-hydrogen) atoms. The summed E-state index contributed by atoms with van der Waals surface area (Å²) in [5.41, 5.74) is 3.22. The fourth-order valence-electron chi connectivity index (χ4n) is 3.05. The molecule has 3 rings (SSSR count). The van der Waals surface area contributed by atoms with Gasteiger partial charge in [0, 0.05) is 29.9 Å². The third-order valence-electron chi connectivity index (χ3n) is 4.13. The molecule has 0 saturated carbocycles. The third-order valence-corrected chi connectivity index (χ3v) is 4.82. The first-order chi connectivity index (χ1) is 10.2. The van der Waals surface area contributed by atoms with Crippen LogP contribution in [-0.4, -0.2) is 28.4 Å². The summed E-state index contributed by atoms with van der Waals surface area (Å²) < 4.78 is 0. The van der Waals surface area contributed by atoms with Gasteiger partial charge in [-0.15, -0.1) is 0 Å². The number of likely N-dealkylation sites (tertiary alicyclic amines) is 1. The maximum Gasteiger partial charge on any atom is 0.254 e. The summed E-state index contributed by atoms with van der Waals surface area (Å²) in [6, 6.07) is 6.52. The molecule has 0 aliphatic carbocycles. The van der Waals surface area contributed by atoms with Crippen molar-refractivity contribution in [2.24, 2.45) is 0 Å². The molecule has 110 valence electrons. The Balaban J connectivity index is 1.63. The molecule has 1 aliphatic heterocycles. The van der Waals surface area contributed by atoms with Gasteiger partial charge in [0.25, 0.3) is 5.91 Å². The summed E-state index contributed by atoms with van der Waals surface area (Å²) in [6.07, 6.45) is 6.17. The van der Waals surface area contributed by atoms with Crippen molar-refractivity contribution in [2.75, 3.05) is 6.54 Å². The maximum atomic E-state index is 12.5. The molecule has 1 fully saturated rings. The molecule has 4 heteroatoms. The summed E-state index contributed by atoms with van der Waals surface area (Å²) >= 11 is 1.59. The van der Waals surface area contributed by atoms with Crippen molar-refractivity contribution in [3.63, 3.8) is 0 Å². The number of carbonyl (C=O) groups excluding carboxylic acids is 1. The van der Waals surface area contributed by atoms with Gasteiger partial charge in [-0.25, -0.2) is 0 Å². The number of hydrogen-bond donors (Lipinski definition) is 0. The van der Waals surface area contributed by atoms with Gasteiger partial charge in [-0.05, 0) is 61.7 Å². The van der Waals surface area contributed by atoms with Crippen LogP contribution in [0.5, 0.6) is 0 Å². The second kappa shape index (κ2) is 6.39. The van der Waals surface area contributed by atoms with Crippen LogP contribution in [0.1, 0.15) is 40.9 Å². The van der Waals surface area contributed by atoms with Crippen LogP contribution in [0.4, 0.5) is 0 Å². The van der Waals surface area contributed by atoms with Gasteiger partial charge in [0.1, 0.15) is 0 Å². The van der Waals surface area contributed by atoms with Gasteiger partial charge in [-0.1, -0.05) is 0 Å². The Morgan fingerprint density at radius 3 is 3.14 bits per heavy atom. The summed E-state index contributed by atoms with van der Waals surface area (Å²) in [5, 5.41) is 3.92. The molecule has 1 amide bonds. The molecule has 1 atom stereocenters. The van der Waals surface area contributed by atoms with E-state index in [0.29, 0.717) is 6.04 Å². The van der Waals surface area contributed by atoms with Gasteiger partial charge in [-0.2, -0.15) is 11.3 Å². The lowest BCUT2D eigenvalue weighted by Gasteiger charge is -2.24. The first-order valence-electron chi connectivity index (χ1n) is 7.49. The normalized spacial score (nSPS) is 18.1. The van der Waals surface area contributed by atoms with E-state index in [1.165, 1.54) is 5.56 Å². The molecule has 3 nitrogen and oxygen atoms in total. The minimum atomic E-state index is 0.199. The zero-order chi connectivity index (χ0) is 14.7. The highest BCUT2D eigenvalue weighted by Crippen LogP contribution is 2.24. The van der Waals surface area contributed by atoms with E-state index in [1.54, 1.807) is 11.3 Å². The molecule has 0 bridgehead atoms. The zero-order valence-electron chi connectivity index (χ0n) is 12.3. The van der Waals surface area contributed by atoms with E-state index in [2.05, 4.69) is 22.0 Å². The Morgan fingerprint density at radius 1 is 1.48 bits per heavy atom. The SMILES string of the molecule is Cc1cc(CC[C@@H]2CCCN2C(=O)c2ccsc2)ccn1. The summed E-state index contributed by atoms with van der Waals surface area (Å²) in [4.78, 5) is 18.8. The predicted octanol–water partition coefficient (Wildman–Crippen LogP) is 3.69. The molecule has 0 N–H and O–H groups in total. The largest absolute Gasteiger partial charge is 0.336 e. The van der Waals surface area contributed by atoms with Crippen molar-refractivity contribution in [2.45, 2.75) is 38.6 Å². The lowest BCUT2D eigenvalue weighted by atomic mass is 10.0. The zero-order valence-corrected chi connectivity index (χ0v) is 13.1. The summed E-state index contributed by atoms with van der Waals surface area (Å²) in [5.74, 6) is 0.199. The van der Waals surface area contributed by atoms with Crippen LogP contribution in [0.25, 0.3) is 0 Å². The smallest absolute Gasteiger partial charge is 0.254 e. The molecule has 0 radical (unpaired) electrons. The Morgan fingerprint density at radius 2 is 2.38 bits per heavy atom. The number of amides is 1. The van der Waals surface area contributed by atoms with E-state index >= 15 is 0 Å². The van der Waals surface area contributed by atoms with Gasteiger partial charge in [0.05, 0.1) is 5.56 Å². The number of carbonyl (C=O) groups is 1. The molecule has 0 unspecified atom stereocenters. The highest BCUT2D eigenvalue weighted by Gasteiger charge is 2.29. The van der Waals surface area contributed by atoms with E-state index in [1.807, 2.05) is 29.9 Å². The van der Waals surface area contributed by atoms with Crippen LogP contribution in [0.15, 0.2) is 35.2 Å². The Kier molecular flexibility index (Phi) is 4.34. The molecule has 1 aliphatic rings. The molecular weight excluding hydrogens is 280 g/mol. The van der Waals surface area contributed by atoms with Crippen molar-refractivity contribution in [1.82, 2.24) is 9.88 Å². The average molecular weight is 300 g/mol. The topological polar surface area (TPSA) is 33.2 Å². The number of thiophene rings is 1. The minimum absolute atomic E-state index is 0.199. The van der Waals surface area contributed by atoms with E-state index in [-0.39, 0.29) is 5.91 Å². The van der Waals surface area contributed by atoms with Crippen LogP contribution in [0.3, 0.4) is 0 Å². The van der Waals surface area contributed by atoms with E-state index < -0.39 is 0 Å². The number of pyridine rings is 1. The van der Waals surface area contributed by atoms with Crippen molar-refractivity contribution in [3.05, 3.63) is 52.0 Å². The first-order valence-corrected chi connectivity index (χ1v) is 8.43.